The zero-order chi connectivity index (χ0) is 19.5. The van der Waals surface area contributed by atoms with Crippen molar-refractivity contribution < 1.29 is 9.15 Å². The molecule has 0 spiro atoms. The fraction of sp³-hybridized carbons (Fsp3) is 0.160. The molecule has 0 unspecified atom stereocenters. The molecule has 0 radical (unpaired) electrons. The number of anilines is 1. The summed E-state index contributed by atoms with van der Waals surface area (Å²) in [7, 11) is 0. The molecule has 144 valence electrons. The lowest BCUT2D eigenvalue weighted by Gasteiger charge is -2.28. The Hall–Kier alpha value is -3.37. The fourth-order valence-electron chi connectivity index (χ4n) is 3.61. The Balaban J connectivity index is 1.33. The van der Waals surface area contributed by atoms with Gasteiger partial charge in [-0.05, 0) is 47.0 Å². The normalized spacial score (nSPS) is 14.7. The maximum absolute atomic E-state index is 5.88. The topological polar surface area (TPSA) is 38.5 Å². The molecule has 1 saturated heterocycles. The zero-order valence-electron chi connectivity index (χ0n) is 16.1. The zero-order valence-corrected chi connectivity index (χ0v) is 16.1. The minimum atomic E-state index is 0.613. The van der Waals surface area contributed by atoms with Gasteiger partial charge in [-0.3, -0.25) is 0 Å². The van der Waals surface area contributed by atoms with Crippen LogP contribution >= 0.6 is 0 Å². The predicted octanol–water partition coefficient (Wildman–Crippen LogP) is 5.50. The van der Waals surface area contributed by atoms with Crippen molar-refractivity contribution >= 4 is 28.9 Å². The number of rotatable bonds is 4. The first-order chi connectivity index (χ1) is 14.3. The Kier molecular flexibility index (Phi) is 4.85. The van der Waals surface area contributed by atoms with Gasteiger partial charge in [-0.15, -0.1) is 0 Å². The molecular weight excluding hydrogens is 360 g/mol. The Morgan fingerprint density at radius 1 is 0.793 bits per heavy atom. The lowest BCUT2D eigenvalue weighted by molar-refractivity contribution is 0.122. The number of morpholine rings is 1. The molecular formula is C25H22N2O2. The third kappa shape index (κ3) is 3.93. The van der Waals surface area contributed by atoms with Crippen molar-refractivity contribution in [1.82, 2.24) is 4.98 Å². The summed E-state index contributed by atoms with van der Waals surface area (Å²) in [6, 6.07) is 25.0. The van der Waals surface area contributed by atoms with E-state index in [1.54, 1.807) is 0 Å². The molecule has 0 amide bonds. The van der Waals surface area contributed by atoms with Gasteiger partial charge in [0.1, 0.15) is 5.52 Å². The molecule has 1 aliphatic heterocycles. The predicted molar refractivity (Wildman–Crippen MR) is 118 cm³/mol. The van der Waals surface area contributed by atoms with Gasteiger partial charge in [-0.25, -0.2) is 4.98 Å². The summed E-state index contributed by atoms with van der Waals surface area (Å²) in [6.07, 6.45) is 3.96. The van der Waals surface area contributed by atoms with E-state index in [1.807, 2.05) is 36.4 Å². The quantitative estimate of drug-likeness (QED) is 0.467. The largest absolute Gasteiger partial charge is 0.437 e. The number of benzene rings is 3. The summed E-state index contributed by atoms with van der Waals surface area (Å²) >= 11 is 0. The van der Waals surface area contributed by atoms with Crippen molar-refractivity contribution in [2.75, 3.05) is 31.2 Å². The van der Waals surface area contributed by atoms with E-state index in [-0.39, 0.29) is 0 Å². The van der Waals surface area contributed by atoms with Crippen molar-refractivity contribution in [3.05, 3.63) is 84.3 Å². The Bertz CT molecular complexity index is 1120. The summed E-state index contributed by atoms with van der Waals surface area (Å²) in [6.45, 7) is 3.49. The average molecular weight is 382 g/mol. The minimum absolute atomic E-state index is 0.613. The molecule has 1 aliphatic rings. The summed E-state index contributed by atoms with van der Waals surface area (Å²) in [5, 5.41) is 0. The molecule has 0 aliphatic carbocycles. The van der Waals surface area contributed by atoms with E-state index in [1.165, 1.54) is 11.3 Å². The maximum Gasteiger partial charge on any atom is 0.220 e. The van der Waals surface area contributed by atoms with E-state index in [4.69, 9.17) is 9.15 Å². The van der Waals surface area contributed by atoms with Crippen LogP contribution in [-0.4, -0.2) is 31.3 Å². The monoisotopic (exact) mass is 382 g/mol. The first-order valence-corrected chi connectivity index (χ1v) is 9.92. The highest BCUT2D eigenvalue weighted by molar-refractivity contribution is 5.82. The van der Waals surface area contributed by atoms with Gasteiger partial charge in [0.2, 0.25) is 5.89 Å². The van der Waals surface area contributed by atoms with Gasteiger partial charge >= 0.3 is 0 Å². The van der Waals surface area contributed by atoms with E-state index in [9.17, 15) is 0 Å². The highest BCUT2D eigenvalue weighted by Gasteiger charge is 2.10. The second kappa shape index (κ2) is 7.94. The van der Waals surface area contributed by atoms with Crippen LogP contribution in [0.1, 0.15) is 11.5 Å². The van der Waals surface area contributed by atoms with Crippen molar-refractivity contribution in [3.8, 4) is 11.1 Å². The number of oxazole rings is 1. The van der Waals surface area contributed by atoms with Gasteiger partial charge in [0.25, 0.3) is 0 Å². The van der Waals surface area contributed by atoms with Crippen LogP contribution in [0.3, 0.4) is 0 Å². The lowest BCUT2D eigenvalue weighted by Crippen LogP contribution is -2.36. The van der Waals surface area contributed by atoms with E-state index < -0.39 is 0 Å². The molecule has 5 rings (SSSR count). The van der Waals surface area contributed by atoms with Crippen LogP contribution in [0.4, 0.5) is 5.69 Å². The van der Waals surface area contributed by atoms with Crippen LogP contribution in [-0.2, 0) is 4.74 Å². The molecule has 4 heteroatoms. The first kappa shape index (κ1) is 17.7. The average Bonchev–Trinajstić information content (AvgIpc) is 3.21. The Morgan fingerprint density at radius 2 is 1.59 bits per heavy atom. The molecule has 0 bridgehead atoms. The molecule has 3 aromatic carbocycles. The second-order valence-electron chi connectivity index (χ2n) is 7.12. The van der Waals surface area contributed by atoms with Crippen LogP contribution in [0.2, 0.25) is 0 Å². The third-order valence-corrected chi connectivity index (χ3v) is 5.20. The maximum atomic E-state index is 5.88. The molecule has 29 heavy (non-hydrogen) atoms. The lowest BCUT2D eigenvalue weighted by atomic mass is 10.1. The smallest absolute Gasteiger partial charge is 0.220 e. The number of nitrogens with zero attached hydrogens (tertiary/aromatic N) is 2. The van der Waals surface area contributed by atoms with Crippen LogP contribution in [0, 0.1) is 0 Å². The van der Waals surface area contributed by atoms with Gasteiger partial charge < -0.3 is 14.1 Å². The van der Waals surface area contributed by atoms with E-state index in [0.29, 0.717) is 5.89 Å². The first-order valence-electron chi connectivity index (χ1n) is 9.92. The summed E-state index contributed by atoms with van der Waals surface area (Å²) in [4.78, 5) is 6.98. The van der Waals surface area contributed by atoms with Crippen molar-refractivity contribution in [2.45, 2.75) is 0 Å². The summed E-state index contributed by atoms with van der Waals surface area (Å²) < 4.78 is 11.3. The van der Waals surface area contributed by atoms with Crippen molar-refractivity contribution in [1.29, 1.82) is 0 Å². The van der Waals surface area contributed by atoms with Crippen LogP contribution < -0.4 is 4.90 Å². The number of hydrogen-bond acceptors (Lipinski definition) is 4. The van der Waals surface area contributed by atoms with Gasteiger partial charge in [0.05, 0.1) is 13.2 Å². The molecule has 2 heterocycles. The number of aromatic nitrogens is 1. The number of fused-ring (bicyclic) bond motifs is 1. The Labute approximate surface area is 170 Å². The van der Waals surface area contributed by atoms with Crippen LogP contribution in [0.5, 0.6) is 0 Å². The van der Waals surface area contributed by atoms with Crippen LogP contribution in [0.25, 0.3) is 34.4 Å². The fourth-order valence-corrected chi connectivity index (χ4v) is 3.61. The molecule has 4 aromatic rings. The van der Waals surface area contributed by atoms with E-state index in [2.05, 4.69) is 58.4 Å². The molecule has 1 aromatic heterocycles. The van der Waals surface area contributed by atoms with Gasteiger partial charge in [-0.2, -0.15) is 0 Å². The molecule has 0 atom stereocenters. The number of ether oxygens (including phenoxy) is 1. The molecule has 1 fully saturated rings. The minimum Gasteiger partial charge on any atom is -0.437 e. The summed E-state index contributed by atoms with van der Waals surface area (Å²) in [5.74, 6) is 0.613. The van der Waals surface area contributed by atoms with Crippen LogP contribution in [0.15, 0.2) is 77.2 Å². The van der Waals surface area contributed by atoms with E-state index in [0.717, 1.165) is 48.5 Å². The molecule has 4 nitrogen and oxygen atoms in total. The second-order valence-corrected chi connectivity index (χ2v) is 7.12. The highest BCUT2D eigenvalue weighted by atomic mass is 16.5. The molecule has 0 saturated carbocycles. The highest BCUT2D eigenvalue weighted by Crippen LogP contribution is 2.25. The summed E-state index contributed by atoms with van der Waals surface area (Å²) in [5.41, 5.74) is 6.34. The van der Waals surface area contributed by atoms with E-state index >= 15 is 0 Å². The van der Waals surface area contributed by atoms with Crippen molar-refractivity contribution in [3.63, 3.8) is 0 Å². The van der Waals surface area contributed by atoms with Gasteiger partial charge in [-0.1, -0.05) is 48.5 Å². The van der Waals surface area contributed by atoms with Gasteiger partial charge in [0.15, 0.2) is 5.58 Å². The van der Waals surface area contributed by atoms with Gasteiger partial charge in [0, 0.05) is 24.9 Å². The third-order valence-electron chi connectivity index (χ3n) is 5.20. The standard InChI is InChI=1S/C25H22N2O2/c1-2-4-20(5-3-1)21-9-12-24-23(18-21)26-25(29-24)13-8-19-6-10-22(11-7-19)27-14-16-28-17-15-27/h1-13,18H,14-17H2. The Morgan fingerprint density at radius 3 is 2.38 bits per heavy atom. The molecule has 0 N–H and O–H groups in total. The number of hydrogen-bond donors (Lipinski definition) is 0. The van der Waals surface area contributed by atoms with Crippen molar-refractivity contribution in [2.24, 2.45) is 0 Å². The SMILES string of the molecule is C(=Cc1nc2cc(-c3ccccc3)ccc2o1)c1ccc(N2CCOCC2)cc1.